The molecular formula is C17H31N3. The second-order valence-corrected chi connectivity index (χ2v) is 6.69. The summed E-state index contributed by atoms with van der Waals surface area (Å²) in [5.41, 5.74) is 0. The van der Waals surface area contributed by atoms with Crippen molar-refractivity contribution in [1.82, 2.24) is 14.9 Å². The minimum absolute atomic E-state index is 0.746. The molecule has 1 aromatic heterocycles. The van der Waals surface area contributed by atoms with E-state index in [0.29, 0.717) is 0 Å². The molecule has 0 amide bonds. The molecule has 1 aromatic rings. The summed E-state index contributed by atoms with van der Waals surface area (Å²) in [5.74, 6) is 3.69. The van der Waals surface area contributed by atoms with Crippen molar-refractivity contribution in [2.45, 2.75) is 59.4 Å². The van der Waals surface area contributed by atoms with E-state index < -0.39 is 0 Å². The lowest BCUT2D eigenvalue weighted by Crippen LogP contribution is -2.33. The van der Waals surface area contributed by atoms with Gasteiger partial charge in [0.05, 0.1) is 0 Å². The van der Waals surface area contributed by atoms with Crippen molar-refractivity contribution < 1.29 is 0 Å². The van der Waals surface area contributed by atoms with E-state index in [0.717, 1.165) is 37.3 Å². The number of nitrogens with zero attached hydrogens (tertiary/aromatic N) is 2. The molecule has 114 valence electrons. The van der Waals surface area contributed by atoms with Gasteiger partial charge in [0.2, 0.25) is 0 Å². The molecule has 0 aliphatic heterocycles. The fourth-order valence-corrected chi connectivity index (χ4v) is 3.43. The van der Waals surface area contributed by atoms with Gasteiger partial charge in [0, 0.05) is 25.4 Å². The van der Waals surface area contributed by atoms with E-state index in [9.17, 15) is 0 Å². The first-order chi connectivity index (χ1) is 9.70. The van der Waals surface area contributed by atoms with Crippen LogP contribution in [0.1, 0.15) is 52.3 Å². The molecule has 20 heavy (non-hydrogen) atoms. The molecule has 1 fully saturated rings. The van der Waals surface area contributed by atoms with Gasteiger partial charge in [-0.3, -0.25) is 0 Å². The Kier molecular flexibility index (Phi) is 6.08. The normalized spacial score (nSPS) is 23.4. The summed E-state index contributed by atoms with van der Waals surface area (Å²) in [6.45, 7) is 10.1. The predicted octanol–water partition coefficient (Wildman–Crippen LogP) is 3.50. The highest BCUT2D eigenvalue weighted by atomic mass is 15.1. The number of aryl methyl sites for hydroxylation is 1. The highest BCUT2D eigenvalue weighted by Gasteiger charge is 2.26. The largest absolute Gasteiger partial charge is 0.335 e. The lowest BCUT2D eigenvalue weighted by atomic mass is 9.77. The molecular weight excluding hydrogens is 246 g/mol. The second-order valence-electron chi connectivity index (χ2n) is 6.69. The molecule has 1 saturated carbocycles. The van der Waals surface area contributed by atoms with Crippen LogP contribution in [0.2, 0.25) is 0 Å². The van der Waals surface area contributed by atoms with Crippen LogP contribution in [0.25, 0.3) is 0 Å². The van der Waals surface area contributed by atoms with Crippen molar-refractivity contribution in [3.8, 4) is 0 Å². The highest BCUT2D eigenvalue weighted by molar-refractivity contribution is 4.96. The molecule has 2 atom stereocenters. The van der Waals surface area contributed by atoms with E-state index in [1.807, 2.05) is 6.20 Å². The molecule has 2 unspecified atom stereocenters. The fourth-order valence-electron chi connectivity index (χ4n) is 3.43. The Bertz CT molecular complexity index is 383. The van der Waals surface area contributed by atoms with Crippen LogP contribution in [-0.2, 0) is 13.0 Å². The average Bonchev–Trinajstić information content (AvgIpc) is 2.87. The van der Waals surface area contributed by atoms with Crippen molar-refractivity contribution >= 4 is 0 Å². The molecule has 1 aliphatic carbocycles. The van der Waals surface area contributed by atoms with Gasteiger partial charge in [-0.05, 0) is 50.6 Å². The van der Waals surface area contributed by atoms with Crippen molar-refractivity contribution in [2.75, 3.05) is 13.1 Å². The van der Waals surface area contributed by atoms with E-state index in [4.69, 9.17) is 0 Å². The molecule has 2 rings (SSSR count). The number of nitrogens with one attached hydrogen (secondary N) is 1. The summed E-state index contributed by atoms with van der Waals surface area (Å²) < 4.78 is 2.30. The predicted molar refractivity (Wildman–Crippen MR) is 84.8 cm³/mol. The molecule has 1 N–H and O–H groups in total. The smallest absolute Gasteiger partial charge is 0.108 e. The summed E-state index contributed by atoms with van der Waals surface area (Å²) in [5, 5.41) is 3.67. The van der Waals surface area contributed by atoms with Crippen LogP contribution in [0.4, 0.5) is 0 Å². The maximum atomic E-state index is 4.57. The quantitative estimate of drug-likeness (QED) is 0.826. The molecule has 0 bridgehead atoms. The van der Waals surface area contributed by atoms with E-state index in [1.165, 1.54) is 38.1 Å². The summed E-state index contributed by atoms with van der Waals surface area (Å²) in [6.07, 6.45) is 10.8. The lowest BCUT2D eigenvalue weighted by molar-refractivity contribution is 0.222. The minimum atomic E-state index is 0.746. The van der Waals surface area contributed by atoms with Crippen LogP contribution in [0.15, 0.2) is 12.4 Å². The topological polar surface area (TPSA) is 29.9 Å². The van der Waals surface area contributed by atoms with Gasteiger partial charge in [-0.2, -0.15) is 0 Å². The third-order valence-corrected chi connectivity index (χ3v) is 4.61. The summed E-state index contributed by atoms with van der Waals surface area (Å²) in [7, 11) is 0. The van der Waals surface area contributed by atoms with Gasteiger partial charge in [-0.25, -0.2) is 4.98 Å². The molecule has 1 aliphatic rings. The molecule has 0 radical (unpaired) electrons. The van der Waals surface area contributed by atoms with Gasteiger partial charge >= 0.3 is 0 Å². The Hall–Kier alpha value is -0.830. The Morgan fingerprint density at radius 3 is 2.75 bits per heavy atom. The fraction of sp³-hybridized carbons (Fsp3) is 0.824. The lowest BCUT2D eigenvalue weighted by Gasteiger charge is -2.32. The zero-order chi connectivity index (χ0) is 14.4. The molecule has 0 aromatic carbocycles. The Morgan fingerprint density at radius 1 is 1.30 bits per heavy atom. The second kappa shape index (κ2) is 7.82. The zero-order valence-electron chi connectivity index (χ0n) is 13.4. The van der Waals surface area contributed by atoms with Crippen molar-refractivity contribution in [3.63, 3.8) is 0 Å². The standard InChI is InChI=1S/C17H31N3/c1-4-20-10-9-19-17(20)11-15-7-5-6-8-16(15)13-18-12-14(2)3/h9-10,14-16,18H,4-8,11-13H2,1-3H3. The number of imidazole rings is 1. The van der Waals surface area contributed by atoms with Gasteiger partial charge in [0.1, 0.15) is 5.82 Å². The molecule has 0 spiro atoms. The van der Waals surface area contributed by atoms with Crippen LogP contribution in [0.5, 0.6) is 0 Å². The minimum Gasteiger partial charge on any atom is -0.335 e. The average molecular weight is 277 g/mol. The maximum Gasteiger partial charge on any atom is 0.108 e. The number of rotatable bonds is 7. The van der Waals surface area contributed by atoms with E-state index in [2.05, 4.69) is 41.8 Å². The van der Waals surface area contributed by atoms with E-state index >= 15 is 0 Å². The molecule has 3 nitrogen and oxygen atoms in total. The maximum absolute atomic E-state index is 4.57. The van der Waals surface area contributed by atoms with Crippen molar-refractivity contribution in [3.05, 3.63) is 18.2 Å². The van der Waals surface area contributed by atoms with Gasteiger partial charge in [0.25, 0.3) is 0 Å². The summed E-state index contributed by atoms with van der Waals surface area (Å²) in [4.78, 5) is 4.57. The van der Waals surface area contributed by atoms with Crippen LogP contribution < -0.4 is 5.32 Å². The Balaban J connectivity index is 1.89. The van der Waals surface area contributed by atoms with E-state index in [-0.39, 0.29) is 0 Å². The van der Waals surface area contributed by atoms with Crippen LogP contribution in [0, 0.1) is 17.8 Å². The Labute approximate surface area is 124 Å². The highest BCUT2D eigenvalue weighted by Crippen LogP contribution is 2.32. The van der Waals surface area contributed by atoms with Crippen LogP contribution in [0.3, 0.4) is 0 Å². The van der Waals surface area contributed by atoms with Gasteiger partial charge in [-0.15, -0.1) is 0 Å². The summed E-state index contributed by atoms with van der Waals surface area (Å²) in [6, 6.07) is 0. The van der Waals surface area contributed by atoms with Gasteiger partial charge in [0.15, 0.2) is 0 Å². The first-order valence-electron chi connectivity index (χ1n) is 8.41. The number of hydrogen-bond donors (Lipinski definition) is 1. The molecule has 3 heteroatoms. The number of aromatic nitrogens is 2. The van der Waals surface area contributed by atoms with Crippen LogP contribution >= 0.6 is 0 Å². The SMILES string of the molecule is CCn1ccnc1CC1CCCCC1CNCC(C)C. The van der Waals surface area contributed by atoms with Crippen LogP contribution in [-0.4, -0.2) is 22.6 Å². The number of hydrogen-bond acceptors (Lipinski definition) is 2. The van der Waals surface area contributed by atoms with Gasteiger partial charge < -0.3 is 9.88 Å². The van der Waals surface area contributed by atoms with Gasteiger partial charge in [-0.1, -0.05) is 26.7 Å². The zero-order valence-corrected chi connectivity index (χ0v) is 13.4. The molecule has 0 saturated heterocycles. The Morgan fingerprint density at radius 2 is 2.05 bits per heavy atom. The summed E-state index contributed by atoms with van der Waals surface area (Å²) >= 11 is 0. The molecule has 1 heterocycles. The first kappa shape index (κ1) is 15.6. The van der Waals surface area contributed by atoms with Crippen molar-refractivity contribution in [1.29, 1.82) is 0 Å². The third kappa shape index (κ3) is 4.34. The third-order valence-electron chi connectivity index (χ3n) is 4.61. The van der Waals surface area contributed by atoms with Crippen molar-refractivity contribution in [2.24, 2.45) is 17.8 Å². The first-order valence-corrected chi connectivity index (χ1v) is 8.41. The van der Waals surface area contributed by atoms with E-state index in [1.54, 1.807) is 0 Å². The monoisotopic (exact) mass is 277 g/mol.